The average molecular weight is 234 g/mol. The zero-order valence-corrected chi connectivity index (χ0v) is 10.9. The normalized spacial score (nSPS) is 20.1. The third kappa shape index (κ3) is 2.99. The van der Waals surface area contributed by atoms with Gasteiger partial charge in [0.05, 0.1) is 6.61 Å². The Morgan fingerprint density at radius 2 is 2.24 bits per heavy atom. The van der Waals surface area contributed by atoms with E-state index in [4.69, 9.17) is 4.74 Å². The molecule has 0 aliphatic carbocycles. The number of nitrogens with one attached hydrogen (secondary N) is 1. The van der Waals surface area contributed by atoms with Gasteiger partial charge in [-0.25, -0.2) is 0 Å². The molecule has 1 aliphatic rings. The van der Waals surface area contributed by atoms with E-state index in [-0.39, 0.29) is 0 Å². The molecule has 1 N–H and O–H groups in total. The van der Waals surface area contributed by atoms with Crippen molar-refractivity contribution >= 4 is 5.69 Å². The first kappa shape index (κ1) is 12.4. The summed E-state index contributed by atoms with van der Waals surface area (Å²) in [6, 6.07) is 9.56. The molecule has 0 saturated carbocycles. The van der Waals surface area contributed by atoms with E-state index in [1.807, 2.05) is 0 Å². The number of nitrogens with zero attached hydrogens (tertiary/aromatic N) is 1. The van der Waals surface area contributed by atoms with E-state index >= 15 is 0 Å². The van der Waals surface area contributed by atoms with Crippen molar-refractivity contribution in [1.82, 2.24) is 4.90 Å². The van der Waals surface area contributed by atoms with Gasteiger partial charge in [-0.3, -0.25) is 4.90 Å². The molecule has 2 rings (SSSR count). The molecule has 1 aromatic carbocycles. The maximum Gasteiger partial charge on any atom is 0.0615 e. The summed E-state index contributed by atoms with van der Waals surface area (Å²) in [7, 11) is 3.92. The Balaban J connectivity index is 1.87. The molecular formula is C14H22N2O. The van der Waals surface area contributed by atoms with Crippen molar-refractivity contribution in [3.63, 3.8) is 0 Å². The fourth-order valence-electron chi connectivity index (χ4n) is 2.38. The number of likely N-dealkylation sites (N-methyl/N-ethyl adjacent to an activating group) is 1. The third-order valence-corrected chi connectivity index (χ3v) is 3.51. The standard InChI is InChI=1S/C14H22N2O/c1-11(10-17-3)16(2)9-13-8-12-6-4-5-7-14(12)15-13/h4-7,11,13,15H,8-10H2,1-3H3. The van der Waals surface area contributed by atoms with Gasteiger partial charge >= 0.3 is 0 Å². The largest absolute Gasteiger partial charge is 0.383 e. The number of hydrogen-bond acceptors (Lipinski definition) is 3. The lowest BCUT2D eigenvalue weighted by Gasteiger charge is -2.27. The van der Waals surface area contributed by atoms with E-state index in [1.54, 1.807) is 7.11 Å². The third-order valence-electron chi connectivity index (χ3n) is 3.51. The molecule has 2 unspecified atom stereocenters. The second-order valence-corrected chi connectivity index (χ2v) is 4.95. The second-order valence-electron chi connectivity index (χ2n) is 4.95. The van der Waals surface area contributed by atoms with Crippen LogP contribution in [-0.4, -0.2) is 44.3 Å². The SMILES string of the molecule is COCC(C)N(C)CC1Cc2ccccc2N1. The summed E-state index contributed by atoms with van der Waals surface area (Å²) in [6.07, 6.45) is 1.13. The van der Waals surface area contributed by atoms with Crippen LogP contribution in [0.3, 0.4) is 0 Å². The van der Waals surface area contributed by atoms with Crippen molar-refractivity contribution in [2.24, 2.45) is 0 Å². The van der Waals surface area contributed by atoms with E-state index in [9.17, 15) is 0 Å². The maximum absolute atomic E-state index is 5.19. The fourth-order valence-corrected chi connectivity index (χ4v) is 2.38. The van der Waals surface area contributed by atoms with Gasteiger partial charge in [0.25, 0.3) is 0 Å². The number of methoxy groups -OCH3 is 1. The Hall–Kier alpha value is -1.06. The van der Waals surface area contributed by atoms with Crippen LogP contribution in [0.15, 0.2) is 24.3 Å². The number of rotatable bonds is 5. The lowest BCUT2D eigenvalue weighted by molar-refractivity contribution is 0.113. The summed E-state index contributed by atoms with van der Waals surface area (Å²) >= 11 is 0. The Bertz CT molecular complexity index is 342. The Kier molecular flexibility index (Phi) is 4.02. The molecule has 2 atom stereocenters. The highest BCUT2D eigenvalue weighted by atomic mass is 16.5. The van der Waals surface area contributed by atoms with E-state index in [0.29, 0.717) is 12.1 Å². The molecule has 0 spiro atoms. The van der Waals surface area contributed by atoms with Gasteiger partial charge in [-0.15, -0.1) is 0 Å². The van der Waals surface area contributed by atoms with Crippen LogP contribution in [0, 0.1) is 0 Å². The quantitative estimate of drug-likeness (QED) is 0.843. The molecule has 3 heteroatoms. The van der Waals surface area contributed by atoms with E-state index in [0.717, 1.165) is 19.6 Å². The van der Waals surface area contributed by atoms with Crippen LogP contribution < -0.4 is 5.32 Å². The second kappa shape index (κ2) is 5.52. The summed E-state index contributed by atoms with van der Waals surface area (Å²) in [5.41, 5.74) is 2.73. The molecule has 1 aromatic rings. The molecule has 0 fully saturated rings. The first-order valence-electron chi connectivity index (χ1n) is 6.24. The van der Waals surface area contributed by atoms with Crippen LogP contribution >= 0.6 is 0 Å². The highest BCUT2D eigenvalue weighted by molar-refractivity contribution is 5.56. The van der Waals surface area contributed by atoms with Gasteiger partial charge in [-0.05, 0) is 32.0 Å². The van der Waals surface area contributed by atoms with Crippen LogP contribution in [0.25, 0.3) is 0 Å². The number of benzene rings is 1. The fraction of sp³-hybridized carbons (Fsp3) is 0.571. The van der Waals surface area contributed by atoms with E-state index < -0.39 is 0 Å². The molecule has 1 aliphatic heterocycles. The van der Waals surface area contributed by atoms with Crippen molar-refractivity contribution in [2.45, 2.75) is 25.4 Å². The number of hydrogen-bond donors (Lipinski definition) is 1. The Morgan fingerprint density at radius 3 is 2.94 bits per heavy atom. The number of para-hydroxylation sites is 1. The van der Waals surface area contributed by atoms with Gasteiger partial charge in [0.15, 0.2) is 0 Å². The van der Waals surface area contributed by atoms with Crippen LogP contribution in [0.1, 0.15) is 12.5 Å². The summed E-state index contributed by atoms with van der Waals surface area (Å²) in [4.78, 5) is 2.35. The van der Waals surface area contributed by atoms with Gasteiger partial charge in [0.2, 0.25) is 0 Å². The van der Waals surface area contributed by atoms with E-state index in [1.165, 1.54) is 11.3 Å². The van der Waals surface area contributed by atoms with Gasteiger partial charge in [0, 0.05) is 31.4 Å². The number of anilines is 1. The van der Waals surface area contributed by atoms with Crippen molar-refractivity contribution in [3.8, 4) is 0 Å². The topological polar surface area (TPSA) is 24.5 Å². The maximum atomic E-state index is 5.19. The predicted octanol–water partition coefficient (Wildman–Crippen LogP) is 1.99. The molecule has 1 heterocycles. The van der Waals surface area contributed by atoms with Gasteiger partial charge in [0.1, 0.15) is 0 Å². The number of ether oxygens (including phenoxy) is 1. The highest BCUT2D eigenvalue weighted by Crippen LogP contribution is 2.25. The highest BCUT2D eigenvalue weighted by Gasteiger charge is 2.22. The summed E-state index contributed by atoms with van der Waals surface area (Å²) < 4.78 is 5.19. The molecule has 0 aromatic heterocycles. The summed E-state index contributed by atoms with van der Waals surface area (Å²) in [5.74, 6) is 0. The van der Waals surface area contributed by atoms with Gasteiger partial charge in [-0.1, -0.05) is 18.2 Å². The molecule has 0 amide bonds. The number of fused-ring (bicyclic) bond motifs is 1. The zero-order chi connectivity index (χ0) is 12.3. The van der Waals surface area contributed by atoms with Crippen molar-refractivity contribution < 1.29 is 4.74 Å². The van der Waals surface area contributed by atoms with Crippen molar-refractivity contribution in [2.75, 3.05) is 32.6 Å². The monoisotopic (exact) mass is 234 g/mol. The molecule has 0 radical (unpaired) electrons. The van der Waals surface area contributed by atoms with Gasteiger partial charge < -0.3 is 10.1 Å². The lowest BCUT2D eigenvalue weighted by Crippen LogP contribution is -2.40. The molecule has 3 nitrogen and oxygen atoms in total. The summed E-state index contributed by atoms with van der Waals surface area (Å²) in [5, 5.41) is 3.58. The zero-order valence-electron chi connectivity index (χ0n) is 10.9. The minimum absolute atomic E-state index is 0.463. The first-order chi connectivity index (χ1) is 8.20. The first-order valence-corrected chi connectivity index (χ1v) is 6.24. The van der Waals surface area contributed by atoms with Crippen molar-refractivity contribution in [1.29, 1.82) is 0 Å². The van der Waals surface area contributed by atoms with Crippen LogP contribution in [-0.2, 0) is 11.2 Å². The van der Waals surface area contributed by atoms with Crippen LogP contribution in [0.2, 0.25) is 0 Å². The minimum atomic E-state index is 0.463. The molecule has 94 valence electrons. The molecule has 0 saturated heterocycles. The lowest BCUT2D eigenvalue weighted by atomic mass is 10.1. The van der Waals surface area contributed by atoms with Crippen LogP contribution in [0.4, 0.5) is 5.69 Å². The van der Waals surface area contributed by atoms with Crippen molar-refractivity contribution in [3.05, 3.63) is 29.8 Å². The Morgan fingerprint density at radius 1 is 1.47 bits per heavy atom. The summed E-state index contributed by atoms with van der Waals surface area (Å²) in [6.45, 7) is 4.04. The molecule has 0 bridgehead atoms. The predicted molar refractivity (Wildman–Crippen MR) is 71.5 cm³/mol. The molecule has 17 heavy (non-hydrogen) atoms. The molecular weight excluding hydrogens is 212 g/mol. The smallest absolute Gasteiger partial charge is 0.0615 e. The average Bonchev–Trinajstić information content (AvgIpc) is 2.71. The van der Waals surface area contributed by atoms with Crippen LogP contribution in [0.5, 0.6) is 0 Å². The van der Waals surface area contributed by atoms with E-state index in [2.05, 4.69) is 48.5 Å². The Labute approximate surface area is 104 Å². The van der Waals surface area contributed by atoms with Gasteiger partial charge in [-0.2, -0.15) is 0 Å². The minimum Gasteiger partial charge on any atom is -0.383 e.